The number of ether oxygens (including phenoxy) is 2. The Labute approximate surface area is 210 Å². The van der Waals surface area contributed by atoms with Crippen LogP contribution in [0.25, 0.3) is 5.76 Å². The Hall–Kier alpha value is -3.07. The van der Waals surface area contributed by atoms with Gasteiger partial charge in [0, 0.05) is 23.8 Å². The van der Waals surface area contributed by atoms with E-state index in [1.807, 2.05) is 18.4 Å². The maximum absolute atomic E-state index is 13.3. The van der Waals surface area contributed by atoms with Gasteiger partial charge in [0.25, 0.3) is 11.7 Å². The fourth-order valence-corrected chi connectivity index (χ4v) is 5.69. The highest BCUT2D eigenvalue weighted by Crippen LogP contribution is 2.48. The summed E-state index contributed by atoms with van der Waals surface area (Å²) in [6.07, 6.45) is 3.23. The number of hydrogen-bond donors (Lipinski definition) is 1. The average Bonchev–Trinajstić information content (AvgIpc) is 3.35. The molecule has 1 aliphatic heterocycles. The maximum Gasteiger partial charge on any atom is 0.295 e. The molecule has 34 heavy (non-hydrogen) atoms. The van der Waals surface area contributed by atoms with Gasteiger partial charge in [-0.2, -0.15) is 0 Å². The first kappa shape index (κ1) is 24.1. The number of halogens is 2. The molecule has 1 fully saturated rings. The van der Waals surface area contributed by atoms with Gasteiger partial charge in [-0.25, -0.2) is 0 Å². The summed E-state index contributed by atoms with van der Waals surface area (Å²) in [5, 5.41) is 13.4. The van der Waals surface area contributed by atoms with Crippen molar-refractivity contribution in [2.24, 2.45) is 0 Å². The Balaban J connectivity index is 1.94. The summed E-state index contributed by atoms with van der Waals surface area (Å²) in [5.74, 6) is -1.73. The smallest absolute Gasteiger partial charge is 0.295 e. The van der Waals surface area contributed by atoms with Crippen LogP contribution in [0.4, 0.5) is 0 Å². The number of aryl methyl sites for hydroxylation is 1. The normalized spacial score (nSPS) is 17.3. The molecule has 3 heterocycles. The van der Waals surface area contributed by atoms with E-state index in [1.54, 1.807) is 24.5 Å². The summed E-state index contributed by atoms with van der Waals surface area (Å²) in [7, 11) is 2.77. The number of aliphatic hydroxyl groups excluding tert-OH is 1. The molecule has 4 rings (SSSR count). The largest absolute Gasteiger partial charge is 0.507 e. The standard InChI is InChI=1S/C24H20Cl2N2O5S/c1-12-6-9-34-23(12)18-16(20(30)24(31)28(18)11-13-4-7-27-8-5-13)19(29)14-10-15(25)22(33-3)17(26)21(14)32-2/h4-10,18,29H,11H2,1-3H3/b19-16+. The van der Waals surface area contributed by atoms with Crippen LogP contribution >= 0.6 is 34.5 Å². The lowest BCUT2D eigenvalue weighted by Gasteiger charge is -2.25. The molecule has 1 aliphatic rings. The number of methoxy groups -OCH3 is 2. The molecule has 3 aromatic rings. The lowest BCUT2D eigenvalue weighted by molar-refractivity contribution is -0.140. The van der Waals surface area contributed by atoms with Gasteiger partial charge in [-0.3, -0.25) is 14.6 Å². The molecule has 1 atom stereocenters. The molecule has 10 heteroatoms. The van der Waals surface area contributed by atoms with Crippen molar-refractivity contribution < 1.29 is 24.2 Å². The van der Waals surface area contributed by atoms with Gasteiger partial charge < -0.3 is 19.5 Å². The number of benzene rings is 1. The number of nitrogens with zero attached hydrogens (tertiary/aromatic N) is 2. The molecule has 0 saturated carbocycles. The number of aromatic nitrogens is 1. The summed E-state index contributed by atoms with van der Waals surface area (Å²) in [6.45, 7) is 2.05. The third kappa shape index (κ3) is 4.02. The highest BCUT2D eigenvalue weighted by molar-refractivity contribution is 7.10. The predicted molar refractivity (Wildman–Crippen MR) is 131 cm³/mol. The van der Waals surface area contributed by atoms with Gasteiger partial charge >= 0.3 is 0 Å². The molecule has 1 amide bonds. The third-order valence-corrected chi connectivity index (χ3v) is 7.28. The van der Waals surface area contributed by atoms with Gasteiger partial charge in [-0.05, 0) is 47.7 Å². The number of ketones is 1. The van der Waals surface area contributed by atoms with Gasteiger partial charge in [0.2, 0.25) is 0 Å². The molecule has 0 spiro atoms. The highest BCUT2D eigenvalue weighted by atomic mass is 35.5. The average molecular weight is 519 g/mol. The molecule has 2 aromatic heterocycles. The Kier molecular flexibility index (Phi) is 6.84. The highest BCUT2D eigenvalue weighted by Gasteiger charge is 2.47. The zero-order chi connectivity index (χ0) is 24.6. The van der Waals surface area contributed by atoms with E-state index < -0.39 is 23.5 Å². The molecule has 1 unspecified atom stereocenters. The first-order valence-electron chi connectivity index (χ1n) is 10.1. The maximum atomic E-state index is 13.3. The van der Waals surface area contributed by atoms with Gasteiger partial charge in [0.1, 0.15) is 16.8 Å². The molecule has 7 nitrogen and oxygen atoms in total. The number of Topliss-reactive ketones (excluding diaryl/α,β-unsaturated/α-hetero) is 1. The minimum absolute atomic E-state index is 0.0360. The topological polar surface area (TPSA) is 89.0 Å². The van der Waals surface area contributed by atoms with Crippen LogP contribution in [0.2, 0.25) is 10.0 Å². The van der Waals surface area contributed by atoms with Crippen molar-refractivity contribution in [3.05, 3.63) is 79.2 Å². The molecule has 1 saturated heterocycles. The number of rotatable bonds is 6. The molecular formula is C24H20Cl2N2O5S. The van der Waals surface area contributed by atoms with Crippen molar-refractivity contribution in [2.75, 3.05) is 14.2 Å². The van der Waals surface area contributed by atoms with E-state index in [0.717, 1.165) is 16.0 Å². The number of pyridine rings is 1. The molecule has 0 bridgehead atoms. The summed E-state index contributed by atoms with van der Waals surface area (Å²) < 4.78 is 10.6. The minimum atomic E-state index is -0.811. The van der Waals surface area contributed by atoms with E-state index in [9.17, 15) is 14.7 Å². The number of thiophene rings is 1. The number of hydrogen-bond acceptors (Lipinski definition) is 7. The zero-order valence-corrected chi connectivity index (χ0v) is 20.8. The fourth-order valence-electron chi connectivity index (χ4n) is 3.96. The number of amides is 1. The molecule has 0 radical (unpaired) electrons. The van der Waals surface area contributed by atoms with E-state index in [1.165, 1.54) is 36.5 Å². The van der Waals surface area contributed by atoms with Crippen LogP contribution in [0.15, 0.2) is 47.6 Å². The summed E-state index contributed by atoms with van der Waals surface area (Å²) in [5.41, 5.74) is 1.70. The molecule has 1 aromatic carbocycles. The second-order valence-electron chi connectivity index (χ2n) is 7.54. The number of carbonyl (C=O) groups excluding carboxylic acids is 2. The van der Waals surface area contributed by atoms with Crippen molar-refractivity contribution in [1.29, 1.82) is 0 Å². The van der Waals surface area contributed by atoms with Gasteiger partial charge in [-0.15, -0.1) is 11.3 Å². The third-order valence-electron chi connectivity index (χ3n) is 5.59. The van der Waals surface area contributed by atoms with Crippen LogP contribution in [0.1, 0.15) is 27.6 Å². The van der Waals surface area contributed by atoms with Crippen molar-refractivity contribution in [1.82, 2.24) is 9.88 Å². The van der Waals surface area contributed by atoms with Crippen LogP contribution in [-0.4, -0.2) is 40.9 Å². The number of likely N-dealkylation sites (tertiary alicyclic amines) is 1. The summed E-state index contributed by atoms with van der Waals surface area (Å²) in [4.78, 5) is 32.7. The first-order valence-corrected chi connectivity index (χ1v) is 11.7. The Bertz CT molecular complexity index is 1310. The molecule has 0 aliphatic carbocycles. The van der Waals surface area contributed by atoms with Crippen LogP contribution in [0.5, 0.6) is 11.5 Å². The van der Waals surface area contributed by atoms with Crippen LogP contribution in [0.3, 0.4) is 0 Å². The number of aliphatic hydroxyl groups is 1. The summed E-state index contributed by atoms with van der Waals surface area (Å²) >= 11 is 14.1. The molecule has 1 N–H and O–H groups in total. The SMILES string of the molecule is COc1c(Cl)cc(/C(O)=C2\C(=O)C(=O)N(Cc3ccncc3)C2c2sccc2C)c(OC)c1Cl. The van der Waals surface area contributed by atoms with Gasteiger partial charge in [0.15, 0.2) is 11.5 Å². The van der Waals surface area contributed by atoms with E-state index >= 15 is 0 Å². The first-order chi connectivity index (χ1) is 16.3. The van der Waals surface area contributed by atoms with Crippen LogP contribution in [0, 0.1) is 6.92 Å². The van der Waals surface area contributed by atoms with Crippen molar-refractivity contribution in [3.8, 4) is 11.5 Å². The van der Waals surface area contributed by atoms with E-state index in [0.29, 0.717) is 0 Å². The Morgan fingerprint density at radius 3 is 2.41 bits per heavy atom. The number of carbonyl (C=O) groups is 2. The zero-order valence-electron chi connectivity index (χ0n) is 18.5. The quantitative estimate of drug-likeness (QED) is 0.267. The lowest BCUT2D eigenvalue weighted by Crippen LogP contribution is -2.29. The lowest BCUT2D eigenvalue weighted by atomic mass is 9.97. The minimum Gasteiger partial charge on any atom is -0.507 e. The van der Waals surface area contributed by atoms with E-state index in [4.69, 9.17) is 32.7 Å². The van der Waals surface area contributed by atoms with Crippen LogP contribution in [-0.2, 0) is 16.1 Å². The van der Waals surface area contributed by atoms with Crippen molar-refractivity contribution in [3.63, 3.8) is 0 Å². The summed E-state index contributed by atoms with van der Waals surface area (Å²) in [6, 6.07) is 6.02. The Morgan fingerprint density at radius 1 is 1.15 bits per heavy atom. The molecular weight excluding hydrogens is 499 g/mol. The van der Waals surface area contributed by atoms with Gasteiger partial charge in [-0.1, -0.05) is 23.2 Å². The van der Waals surface area contributed by atoms with E-state index in [2.05, 4.69) is 4.98 Å². The monoisotopic (exact) mass is 518 g/mol. The molecule has 176 valence electrons. The predicted octanol–water partition coefficient (Wildman–Crippen LogP) is 5.40. The fraction of sp³-hybridized carbons (Fsp3) is 0.208. The van der Waals surface area contributed by atoms with E-state index in [-0.39, 0.29) is 39.2 Å². The van der Waals surface area contributed by atoms with Crippen molar-refractivity contribution in [2.45, 2.75) is 19.5 Å². The van der Waals surface area contributed by atoms with Gasteiger partial charge in [0.05, 0.1) is 30.4 Å². The Morgan fingerprint density at radius 2 is 1.82 bits per heavy atom. The van der Waals surface area contributed by atoms with Crippen molar-refractivity contribution >= 4 is 52.0 Å². The van der Waals surface area contributed by atoms with Crippen LogP contribution < -0.4 is 9.47 Å². The second kappa shape index (κ2) is 9.66. The second-order valence-corrected chi connectivity index (χ2v) is 9.27.